The summed E-state index contributed by atoms with van der Waals surface area (Å²) in [5.41, 5.74) is 5.90. The summed E-state index contributed by atoms with van der Waals surface area (Å²) >= 11 is 0. The third-order valence-electron chi connectivity index (χ3n) is 3.26. The number of sulfonamides is 1. The molecule has 1 heterocycles. The molecule has 1 aromatic rings. The summed E-state index contributed by atoms with van der Waals surface area (Å²) in [5, 5.41) is 3.64. The van der Waals surface area contributed by atoms with Crippen LogP contribution in [-0.4, -0.2) is 25.7 Å². The summed E-state index contributed by atoms with van der Waals surface area (Å²) in [7, 11) is -3.62. The zero-order valence-electron chi connectivity index (χ0n) is 11.7. The second-order valence-corrected chi connectivity index (χ2v) is 6.25. The normalized spacial score (nSPS) is 12.3. The number of halogens is 1. The lowest BCUT2D eigenvalue weighted by molar-refractivity contribution is 0.387. The minimum absolute atomic E-state index is 0. The molecule has 112 valence electrons. The van der Waals surface area contributed by atoms with E-state index in [0.717, 1.165) is 0 Å². The van der Waals surface area contributed by atoms with Crippen LogP contribution in [0.5, 0.6) is 0 Å². The maximum Gasteiger partial charge on any atom is 0.246 e. The molecule has 0 spiro atoms. The van der Waals surface area contributed by atoms with Gasteiger partial charge in [0.2, 0.25) is 10.0 Å². The fourth-order valence-electron chi connectivity index (χ4n) is 1.67. The molecule has 0 fully saturated rings. The topological polar surface area (TPSA) is 98.2 Å². The Kier molecular flexibility index (Phi) is 6.47. The number of nitrogens with zero attached hydrogens (tertiary/aromatic N) is 1. The molecule has 0 aromatic carbocycles. The highest BCUT2D eigenvalue weighted by atomic mass is 35.5. The zero-order chi connectivity index (χ0) is 14.0. The van der Waals surface area contributed by atoms with Crippen LogP contribution in [0.3, 0.4) is 0 Å². The third-order valence-corrected chi connectivity index (χ3v) is 4.90. The first kappa shape index (κ1) is 18.4. The minimum Gasteiger partial charge on any atom is -0.360 e. The third kappa shape index (κ3) is 4.17. The predicted octanol–water partition coefficient (Wildman–Crippen LogP) is 1.51. The van der Waals surface area contributed by atoms with Gasteiger partial charge >= 0.3 is 0 Å². The fourth-order valence-corrected chi connectivity index (χ4v) is 3.13. The van der Waals surface area contributed by atoms with Crippen molar-refractivity contribution in [1.82, 2.24) is 9.88 Å². The molecule has 1 rings (SSSR count). The van der Waals surface area contributed by atoms with E-state index in [9.17, 15) is 8.42 Å². The van der Waals surface area contributed by atoms with Crippen molar-refractivity contribution < 1.29 is 12.9 Å². The van der Waals surface area contributed by atoms with Gasteiger partial charge in [-0.25, -0.2) is 13.1 Å². The van der Waals surface area contributed by atoms with E-state index in [4.69, 9.17) is 10.3 Å². The Bertz CT molecular complexity index is 490. The Hall–Kier alpha value is -0.630. The second kappa shape index (κ2) is 6.69. The molecule has 0 saturated heterocycles. The first-order valence-electron chi connectivity index (χ1n) is 5.97. The number of nitrogens with one attached hydrogen (secondary N) is 1. The van der Waals surface area contributed by atoms with Crippen LogP contribution in [0.2, 0.25) is 0 Å². The standard InChI is InChI=1S/C11H21N3O3S.ClH/c1-5-11(12,6-2)7-13-18(15,16)10-8(3)14-17-9(10)4;/h13H,5-7,12H2,1-4H3;1H. The molecule has 1 aromatic heterocycles. The molecule has 0 aliphatic heterocycles. The van der Waals surface area contributed by atoms with Gasteiger partial charge in [-0.3, -0.25) is 0 Å². The summed E-state index contributed by atoms with van der Waals surface area (Å²) < 4.78 is 31.7. The number of aryl methyl sites for hydroxylation is 2. The molecule has 0 aliphatic rings. The van der Waals surface area contributed by atoms with Crippen LogP contribution in [0.25, 0.3) is 0 Å². The zero-order valence-corrected chi connectivity index (χ0v) is 13.3. The maximum atomic E-state index is 12.1. The second-order valence-electron chi connectivity index (χ2n) is 4.55. The Morgan fingerprint density at radius 3 is 2.21 bits per heavy atom. The van der Waals surface area contributed by atoms with Gasteiger partial charge in [0.05, 0.1) is 0 Å². The lowest BCUT2D eigenvalue weighted by Gasteiger charge is -2.26. The fraction of sp³-hybridized carbons (Fsp3) is 0.727. The smallest absolute Gasteiger partial charge is 0.246 e. The summed E-state index contributed by atoms with van der Waals surface area (Å²) in [4.78, 5) is 0.108. The quantitative estimate of drug-likeness (QED) is 0.829. The van der Waals surface area contributed by atoms with Gasteiger partial charge in [-0.2, -0.15) is 0 Å². The Labute approximate surface area is 120 Å². The molecule has 0 unspecified atom stereocenters. The SMILES string of the molecule is CCC(N)(CC)CNS(=O)(=O)c1c(C)noc1C.Cl. The highest BCUT2D eigenvalue weighted by Crippen LogP contribution is 2.19. The van der Waals surface area contributed by atoms with Crippen LogP contribution in [0, 0.1) is 13.8 Å². The number of hydrogen-bond acceptors (Lipinski definition) is 5. The highest BCUT2D eigenvalue weighted by Gasteiger charge is 2.28. The van der Waals surface area contributed by atoms with Crippen molar-refractivity contribution in [2.75, 3.05) is 6.54 Å². The molecule has 3 N–H and O–H groups in total. The van der Waals surface area contributed by atoms with E-state index in [2.05, 4.69) is 9.88 Å². The van der Waals surface area contributed by atoms with Crippen molar-refractivity contribution in [3.05, 3.63) is 11.5 Å². The number of nitrogens with two attached hydrogens (primary N) is 1. The van der Waals surface area contributed by atoms with E-state index in [1.54, 1.807) is 13.8 Å². The van der Waals surface area contributed by atoms with Crippen molar-refractivity contribution in [2.45, 2.75) is 51.0 Å². The Morgan fingerprint density at radius 2 is 1.84 bits per heavy atom. The average Bonchev–Trinajstić information content (AvgIpc) is 2.67. The molecular weight excluding hydrogens is 290 g/mol. The summed E-state index contributed by atoms with van der Waals surface area (Å²) in [5.74, 6) is 0.288. The Morgan fingerprint density at radius 1 is 1.32 bits per heavy atom. The molecule has 0 atom stereocenters. The van der Waals surface area contributed by atoms with Gasteiger partial charge in [0.15, 0.2) is 5.76 Å². The van der Waals surface area contributed by atoms with E-state index in [-0.39, 0.29) is 29.6 Å². The van der Waals surface area contributed by atoms with E-state index >= 15 is 0 Å². The molecular formula is C11H22ClN3O3S. The van der Waals surface area contributed by atoms with Gasteiger partial charge in [-0.1, -0.05) is 19.0 Å². The van der Waals surface area contributed by atoms with Crippen LogP contribution in [0.15, 0.2) is 9.42 Å². The van der Waals surface area contributed by atoms with Crippen molar-refractivity contribution in [3.8, 4) is 0 Å². The summed E-state index contributed by atoms with van der Waals surface area (Å²) in [6, 6.07) is 0. The molecule has 0 saturated carbocycles. The minimum atomic E-state index is -3.62. The van der Waals surface area contributed by atoms with Gasteiger partial charge in [0.25, 0.3) is 0 Å². The van der Waals surface area contributed by atoms with E-state index < -0.39 is 15.6 Å². The van der Waals surface area contributed by atoms with Crippen LogP contribution < -0.4 is 10.5 Å². The summed E-state index contributed by atoms with van der Waals surface area (Å²) in [6.45, 7) is 7.25. The first-order valence-corrected chi connectivity index (χ1v) is 7.45. The number of rotatable bonds is 6. The van der Waals surface area contributed by atoms with E-state index in [1.807, 2.05) is 13.8 Å². The van der Waals surface area contributed by atoms with Crippen LogP contribution >= 0.6 is 12.4 Å². The van der Waals surface area contributed by atoms with E-state index in [0.29, 0.717) is 18.5 Å². The van der Waals surface area contributed by atoms with Crippen molar-refractivity contribution in [2.24, 2.45) is 5.73 Å². The van der Waals surface area contributed by atoms with Crippen molar-refractivity contribution >= 4 is 22.4 Å². The predicted molar refractivity (Wildman–Crippen MR) is 75.9 cm³/mol. The Balaban J connectivity index is 0.00000324. The lowest BCUT2D eigenvalue weighted by atomic mass is 9.95. The van der Waals surface area contributed by atoms with Crippen LogP contribution in [-0.2, 0) is 10.0 Å². The molecule has 0 bridgehead atoms. The number of aromatic nitrogens is 1. The average molecular weight is 312 g/mol. The summed E-state index contributed by atoms with van der Waals surface area (Å²) in [6.07, 6.45) is 1.40. The monoisotopic (exact) mass is 311 g/mol. The van der Waals surface area contributed by atoms with Crippen molar-refractivity contribution in [1.29, 1.82) is 0 Å². The van der Waals surface area contributed by atoms with Crippen LogP contribution in [0.4, 0.5) is 0 Å². The molecule has 0 aliphatic carbocycles. The van der Waals surface area contributed by atoms with E-state index in [1.165, 1.54) is 0 Å². The largest absolute Gasteiger partial charge is 0.360 e. The maximum absolute atomic E-state index is 12.1. The van der Waals surface area contributed by atoms with Crippen molar-refractivity contribution in [3.63, 3.8) is 0 Å². The lowest BCUT2D eigenvalue weighted by Crippen LogP contribution is -2.49. The molecule has 8 heteroatoms. The molecule has 19 heavy (non-hydrogen) atoms. The van der Waals surface area contributed by atoms with Crippen LogP contribution in [0.1, 0.15) is 38.1 Å². The molecule has 0 radical (unpaired) electrons. The highest BCUT2D eigenvalue weighted by molar-refractivity contribution is 7.89. The van der Waals surface area contributed by atoms with Gasteiger partial charge < -0.3 is 10.3 Å². The van der Waals surface area contributed by atoms with Gasteiger partial charge in [-0.15, -0.1) is 12.4 Å². The molecule has 0 amide bonds. The van der Waals surface area contributed by atoms with Gasteiger partial charge in [0, 0.05) is 12.1 Å². The number of hydrogen-bond donors (Lipinski definition) is 2. The first-order chi connectivity index (χ1) is 8.25. The van der Waals surface area contributed by atoms with Gasteiger partial charge in [0.1, 0.15) is 10.6 Å². The van der Waals surface area contributed by atoms with Gasteiger partial charge in [-0.05, 0) is 26.7 Å². The molecule has 6 nitrogen and oxygen atoms in total.